The summed E-state index contributed by atoms with van der Waals surface area (Å²) < 4.78 is 1.59. The van der Waals surface area contributed by atoms with Gasteiger partial charge in [-0.3, -0.25) is 9.59 Å². The molecule has 1 amide bonds. The van der Waals surface area contributed by atoms with Crippen LogP contribution >= 0.6 is 23.2 Å². The monoisotopic (exact) mass is 513 g/mol. The number of amides is 1. The maximum atomic E-state index is 13.0. The summed E-state index contributed by atoms with van der Waals surface area (Å²) in [6, 6.07) is 11.9. The number of fused-ring (bicyclic) bond motifs is 1. The van der Waals surface area contributed by atoms with Crippen molar-refractivity contribution in [2.45, 2.75) is 38.0 Å². The number of carbonyl (C=O) groups is 2. The fourth-order valence-corrected chi connectivity index (χ4v) is 4.86. The maximum Gasteiger partial charge on any atom is 0.325 e. The molecule has 9 nitrogen and oxygen atoms in total. The smallest absolute Gasteiger partial charge is 0.325 e. The van der Waals surface area contributed by atoms with Gasteiger partial charge in [-0.2, -0.15) is 10.3 Å². The number of hydrogen-bond donors (Lipinski definition) is 3. The lowest BCUT2D eigenvalue weighted by molar-refractivity contribution is -0.201. The molecular formula is C24H21Cl2N5O4. The third-order valence-electron chi connectivity index (χ3n) is 6.03. The van der Waals surface area contributed by atoms with Crippen molar-refractivity contribution in [3.05, 3.63) is 86.9 Å². The number of carbonyl (C=O) groups excluding carboxylic acids is 1. The molecule has 0 bridgehead atoms. The van der Waals surface area contributed by atoms with Crippen molar-refractivity contribution >= 4 is 35.1 Å². The highest BCUT2D eigenvalue weighted by Gasteiger charge is 2.50. The average molecular weight is 514 g/mol. The summed E-state index contributed by atoms with van der Waals surface area (Å²) in [5.41, 5.74) is 0.715. The van der Waals surface area contributed by atoms with Crippen LogP contribution in [0.1, 0.15) is 52.9 Å². The molecule has 1 aliphatic rings. The van der Waals surface area contributed by atoms with Gasteiger partial charge in [0.25, 0.3) is 5.91 Å². The van der Waals surface area contributed by atoms with E-state index >= 15 is 0 Å². The third kappa shape index (κ3) is 4.49. The van der Waals surface area contributed by atoms with Gasteiger partial charge in [-0.05, 0) is 55.3 Å². The maximum absolute atomic E-state index is 13.0. The molecular weight excluding hydrogens is 493 g/mol. The molecule has 11 heteroatoms. The van der Waals surface area contributed by atoms with Gasteiger partial charge < -0.3 is 20.2 Å². The minimum absolute atomic E-state index is 0.0823. The summed E-state index contributed by atoms with van der Waals surface area (Å²) in [6.45, 7) is 3.09. The van der Waals surface area contributed by atoms with Gasteiger partial charge >= 0.3 is 5.97 Å². The minimum Gasteiger partial charge on any atom is -0.480 e. The SMILES string of the molecule is CC(NC(=O)c1cnc2n1[C@](C)(Cc1ccc(C#N)cc1)N(O)C2c1cc(Cl)cc(Cl)c1)C(=O)O. The van der Waals surface area contributed by atoms with Crippen LogP contribution in [0.15, 0.2) is 48.7 Å². The average Bonchev–Trinajstić information content (AvgIpc) is 3.32. The second kappa shape index (κ2) is 9.32. The number of halogens is 2. The van der Waals surface area contributed by atoms with Crippen LogP contribution in [0.3, 0.4) is 0 Å². The molecule has 1 aromatic heterocycles. The number of nitriles is 1. The van der Waals surface area contributed by atoms with E-state index in [9.17, 15) is 19.9 Å². The van der Waals surface area contributed by atoms with E-state index < -0.39 is 29.6 Å². The Kier molecular flexibility index (Phi) is 6.58. The van der Waals surface area contributed by atoms with Crippen LogP contribution in [0.5, 0.6) is 0 Å². The first-order valence-corrected chi connectivity index (χ1v) is 11.4. The van der Waals surface area contributed by atoms with Crippen molar-refractivity contribution in [3.63, 3.8) is 0 Å². The number of carboxylic acids is 1. The highest BCUT2D eigenvalue weighted by Crippen LogP contribution is 2.45. The number of hydroxylamine groups is 2. The van der Waals surface area contributed by atoms with Crippen molar-refractivity contribution in [2.24, 2.45) is 0 Å². The van der Waals surface area contributed by atoms with E-state index in [4.69, 9.17) is 28.5 Å². The summed E-state index contributed by atoms with van der Waals surface area (Å²) in [5.74, 6) is -1.48. The molecule has 2 unspecified atom stereocenters. The predicted octanol–water partition coefficient (Wildman–Crippen LogP) is 3.97. The summed E-state index contributed by atoms with van der Waals surface area (Å²) in [4.78, 5) is 28.8. The van der Waals surface area contributed by atoms with Gasteiger partial charge in [0.2, 0.25) is 0 Å². The number of carboxylic acid groups (broad SMARTS) is 1. The van der Waals surface area contributed by atoms with Crippen LogP contribution in [-0.4, -0.2) is 42.8 Å². The number of nitrogens with one attached hydrogen (secondary N) is 1. The van der Waals surface area contributed by atoms with Crippen LogP contribution in [0.25, 0.3) is 0 Å². The molecule has 0 saturated carbocycles. The van der Waals surface area contributed by atoms with Gasteiger partial charge in [-0.15, -0.1) is 0 Å². The Morgan fingerprint density at radius 1 is 1.23 bits per heavy atom. The van der Waals surface area contributed by atoms with Crippen molar-refractivity contribution in [1.29, 1.82) is 5.26 Å². The van der Waals surface area contributed by atoms with Crippen LogP contribution in [0.2, 0.25) is 10.0 Å². The topological polar surface area (TPSA) is 131 Å². The van der Waals surface area contributed by atoms with Gasteiger partial charge in [-0.25, -0.2) is 4.98 Å². The van der Waals surface area contributed by atoms with Gasteiger partial charge in [0.1, 0.15) is 29.3 Å². The van der Waals surface area contributed by atoms with E-state index in [1.54, 1.807) is 54.0 Å². The third-order valence-corrected chi connectivity index (χ3v) is 6.46. The summed E-state index contributed by atoms with van der Waals surface area (Å²) in [6.07, 6.45) is 1.58. The summed E-state index contributed by atoms with van der Waals surface area (Å²) >= 11 is 12.4. The molecule has 3 N–H and O–H groups in total. The van der Waals surface area contributed by atoms with Crippen molar-refractivity contribution in [1.82, 2.24) is 19.9 Å². The zero-order chi connectivity index (χ0) is 25.5. The zero-order valence-corrected chi connectivity index (χ0v) is 20.2. The number of aliphatic carboxylic acids is 1. The lowest BCUT2D eigenvalue weighted by Gasteiger charge is -2.35. The first kappa shape index (κ1) is 24.7. The van der Waals surface area contributed by atoms with Crippen LogP contribution in [0.4, 0.5) is 0 Å². The largest absolute Gasteiger partial charge is 0.480 e. The van der Waals surface area contributed by atoms with Crippen LogP contribution in [0, 0.1) is 11.3 Å². The Labute approximate surface area is 211 Å². The lowest BCUT2D eigenvalue weighted by atomic mass is 9.99. The standard InChI is InChI=1S/C24H21Cl2N5O4/c1-13(23(33)34)29-22(32)19-12-28-21-20(16-7-17(25)9-18(26)8-16)31(35)24(2,30(19)21)10-14-3-5-15(11-27)6-4-14/h3-9,12-13,20,35H,10H2,1-2H3,(H,29,32)(H,33,34)/t13?,20?,24-/m0/s1. The molecule has 2 aromatic carbocycles. The molecule has 0 spiro atoms. The normalized spacial score (nSPS) is 20.2. The quantitative estimate of drug-likeness (QED) is 0.454. The highest BCUT2D eigenvalue weighted by molar-refractivity contribution is 6.34. The Morgan fingerprint density at radius 3 is 2.43 bits per heavy atom. The number of rotatable bonds is 6. The van der Waals surface area contributed by atoms with Crippen molar-refractivity contribution in [3.8, 4) is 6.07 Å². The van der Waals surface area contributed by atoms with E-state index in [0.717, 1.165) is 10.6 Å². The van der Waals surface area contributed by atoms with E-state index in [1.165, 1.54) is 13.1 Å². The van der Waals surface area contributed by atoms with E-state index in [0.29, 0.717) is 27.0 Å². The first-order chi connectivity index (χ1) is 16.5. The van der Waals surface area contributed by atoms with Crippen molar-refractivity contribution in [2.75, 3.05) is 0 Å². The van der Waals surface area contributed by atoms with Crippen molar-refractivity contribution < 1.29 is 19.9 Å². The lowest BCUT2D eigenvalue weighted by Crippen LogP contribution is -2.46. The molecule has 3 atom stereocenters. The fraction of sp³-hybridized carbons (Fsp3) is 0.250. The molecule has 4 rings (SSSR count). The van der Waals surface area contributed by atoms with E-state index in [1.807, 2.05) is 0 Å². The van der Waals surface area contributed by atoms with E-state index in [2.05, 4.69) is 16.4 Å². The van der Waals surface area contributed by atoms with Gasteiger partial charge in [0, 0.05) is 16.5 Å². The molecule has 35 heavy (non-hydrogen) atoms. The van der Waals surface area contributed by atoms with E-state index in [-0.39, 0.29) is 12.1 Å². The summed E-state index contributed by atoms with van der Waals surface area (Å²) in [5, 5.41) is 34.1. The van der Waals surface area contributed by atoms with Crippen LogP contribution in [-0.2, 0) is 16.9 Å². The Bertz CT molecular complexity index is 1330. The number of hydrogen-bond acceptors (Lipinski definition) is 6. The molecule has 2 heterocycles. The van der Waals surface area contributed by atoms with Gasteiger partial charge in [-0.1, -0.05) is 35.3 Å². The van der Waals surface area contributed by atoms with Crippen LogP contribution < -0.4 is 5.32 Å². The first-order valence-electron chi connectivity index (χ1n) is 10.6. The number of aromatic nitrogens is 2. The van der Waals surface area contributed by atoms with Gasteiger partial charge in [0.05, 0.1) is 17.8 Å². The summed E-state index contributed by atoms with van der Waals surface area (Å²) in [7, 11) is 0. The van der Waals surface area contributed by atoms with Gasteiger partial charge in [0.15, 0.2) is 0 Å². The molecule has 0 saturated heterocycles. The molecule has 0 radical (unpaired) electrons. The number of benzene rings is 2. The second-order valence-corrected chi connectivity index (χ2v) is 9.40. The number of nitrogens with zero attached hydrogens (tertiary/aromatic N) is 4. The molecule has 180 valence electrons. The number of imidazole rings is 1. The Morgan fingerprint density at radius 2 is 1.86 bits per heavy atom. The highest BCUT2D eigenvalue weighted by atomic mass is 35.5. The molecule has 3 aromatic rings. The zero-order valence-electron chi connectivity index (χ0n) is 18.7. The second-order valence-electron chi connectivity index (χ2n) is 8.52. The Hall–Kier alpha value is -3.42. The molecule has 1 aliphatic heterocycles. The fourth-order valence-electron chi connectivity index (χ4n) is 4.31. The minimum atomic E-state index is -1.21. The molecule has 0 fully saturated rings. The Balaban J connectivity index is 1.84. The molecule has 0 aliphatic carbocycles. The predicted molar refractivity (Wildman–Crippen MR) is 127 cm³/mol.